The molecule has 2 rings (SSSR count). The fourth-order valence-electron chi connectivity index (χ4n) is 2.28. The van der Waals surface area contributed by atoms with Crippen molar-refractivity contribution in [1.82, 2.24) is 10.3 Å². The number of fused-ring (bicyclic) bond motifs is 1. The van der Waals surface area contributed by atoms with Gasteiger partial charge in [0.1, 0.15) is 0 Å². The zero-order chi connectivity index (χ0) is 14.0. The van der Waals surface area contributed by atoms with Crippen molar-refractivity contribution >= 4 is 20.6 Å². The van der Waals surface area contributed by atoms with Crippen LogP contribution in [0.15, 0.2) is 36.7 Å². The van der Waals surface area contributed by atoms with E-state index < -0.39 is 15.1 Å². The second-order valence-corrected chi connectivity index (χ2v) is 7.15. The third-order valence-corrected chi connectivity index (χ3v) is 5.11. The fraction of sp³-hybridized carbons (Fsp3) is 0.357. The van der Waals surface area contributed by atoms with Crippen LogP contribution in [0.2, 0.25) is 0 Å². The Labute approximate surface area is 113 Å². The number of rotatable bonds is 4. The van der Waals surface area contributed by atoms with E-state index in [0.717, 1.165) is 16.3 Å². The van der Waals surface area contributed by atoms with Gasteiger partial charge in [-0.15, -0.1) is 0 Å². The molecule has 102 valence electrons. The highest BCUT2D eigenvalue weighted by molar-refractivity contribution is 7.91. The summed E-state index contributed by atoms with van der Waals surface area (Å²) in [6.07, 6.45) is 4.79. The largest absolute Gasteiger partial charge is 0.312 e. The van der Waals surface area contributed by atoms with E-state index in [-0.39, 0.29) is 6.04 Å². The van der Waals surface area contributed by atoms with Gasteiger partial charge in [-0.05, 0) is 24.9 Å². The Morgan fingerprint density at radius 3 is 2.53 bits per heavy atom. The van der Waals surface area contributed by atoms with Gasteiger partial charge in [-0.25, -0.2) is 8.42 Å². The number of hydrogen-bond donors (Lipinski definition) is 1. The fourth-order valence-corrected chi connectivity index (χ4v) is 3.06. The summed E-state index contributed by atoms with van der Waals surface area (Å²) in [6, 6.07) is 7.59. The van der Waals surface area contributed by atoms with E-state index in [1.165, 1.54) is 6.26 Å². The molecule has 5 heteroatoms. The van der Waals surface area contributed by atoms with Crippen molar-refractivity contribution in [2.45, 2.75) is 18.2 Å². The van der Waals surface area contributed by atoms with Crippen LogP contribution in [0, 0.1) is 0 Å². The van der Waals surface area contributed by atoms with Gasteiger partial charge in [-0.3, -0.25) is 4.98 Å². The van der Waals surface area contributed by atoms with Crippen molar-refractivity contribution in [3.05, 3.63) is 42.2 Å². The van der Waals surface area contributed by atoms with Crippen LogP contribution in [-0.4, -0.2) is 32.0 Å². The lowest BCUT2D eigenvalue weighted by molar-refractivity contribution is 0.536. The first-order chi connectivity index (χ1) is 8.95. The zero-order valence-electron chi connectivity index (χ0n) is 11.3. The Balaban J connectivity index is 2.59. The van der Waals surface area contributed by atoms with Crippen molar-refractivity contribution in [1.29, 1.82) is 0 Å². The zero-order valence-corrected chi connectivity index (χ0v) is 12.1. The number of hydrogen-bond acceptors (Lipinski definition) is 4. The van der Waals surface area contributed by atoms with E-state index in [4.69, 9.17) is 0 Å². The molecule has 19 heavy (non-hydrogen) atoms. The average Bonchev–Trinajstić information content (AvgIpc) is 2.38. The van der Waals surface area contributed by atoms with E-state index in [0.29, 0.717) is 0 Å². The Morgan fingerprint density at radius 2 is 1.89 bits per heavy atom. The number of benzene rings is 1. The molecule has 0 saturated heterocycles. The predicted octanol–water partition coefficient (Wildman–Crippen LogP) is 1.93. The number of aromatic nitrogens is 1. The van der Waals surface area contributed by atoms with Crippen LogP contribution < -0.4 is 5.32 Å². The summed E-state index contributed by atoms with van der Waals surface area (Å²) in [6.45, 7) is 1.72. The molecule has 2 aromatic rings. The highest BCUT2D eigenvalue weighted by atomic mass is 32.2. The average molecular weight is 278 g/mol. The van der Waals surface area contributed by atoms with Crippen molar-refractivity contribution in [2.24, 2.45) is 0 Å². The van der Waals surface area contributed by atoms with Gasteiger partial charge in [0.2, 0.25) is 0 Å². The van der Waals surface area contributed by atoms with Crippen LogP contribution in [-0.2, 0) is 9.84 Å². The second kappa shape index (κ2) is 5.27. The van der Waals surface area contributed by atoms with Gasteiger partial charge in [0.05, 0.1) is 11.3 Å². The van der Waals surface area contributed by atoms with Gasteiger partial charge < -0.3 is 5.32 Å². The molecule has 0 aliphatic carbocycles. The van der Waals surface area contributed by atoms with Crippen LogP contribution in [0.25, 0.3) is 10.8 Å². The maximum absolute atomic E-state index is 11.8. The lowest BCUT2D eigenvalue weighted by Crippen LogP contribution is -2.33. The first-order valence-electron chi connectivity index (χ1n) is 6.14. The number of nitrogens with zero attached hydrogens (tertiary/aromatic N) is 1. The molecule has 2 unspecified atom stereocenters. The number of pyridine rings is 1. The normalized spacial score (nSPS) is 15.3. The third kappa shape index (κ3) is 2.77. The molecule has 0 aliphatic heterocycles. The van der Waals surface area contributed by atoms with Gasteiger partial charge >= 0.3 is 0 Å². The molecule has 0 saturated carbocycles. The van der Waals surface area contributed by atoms with Crippen molar-refractivity contribution in [3.8, 4) is 0 Å². The van der Waals surface area contributed by atoms with E-state index in [2.05, 4.69) is 10.3 Å². The molecule has 0 bridgehead atoms. The molecule has 0 fully saturated rings. The molecular weight excluding hydrogens is 260 g/mol. The van der Waals surface area contributed by atoms with Crippen molar-refractivity contribution in [3.63, 3.8) is 0 Å². The lowest BCUT2D eigenvalue weighted by Gasteiger charge is -2.23. The maximum atomic E-state index is 11.8. The topological polar surface area (TPSA) is 59.1 Å². The van der Waals surface area contributed by atoms with E-state index >= 15 is 0 Å². The minimum absolute atomic E-state index is 0.270. The molecule has 1 aromatic heterocycles. The molecule has 0 spiro atoms. The summed E-state index contributed by atoms with van der Waals surface area (Å²) in [5.74, 6) is 0. The lowest BCUT2D eigenvalue weighted by atomic mass is 10.00. The first-order valence-corrected chi connectivity index (χ1v) is 8.09. The summed E-state index contributed by atoms with van der Waals surface area (Å²) >= 11 is 0. The van der Waals surface area contributed by atoms with Gasteiger partial charge in [0.25, 0.3) is 0 Å². The Hall–Kier alpha value is -1.46. The molecule has 0 radical (unpaired) electrons. The molecule has 1 N–H and O–H groups in total. The summed E-state index contributed by atoms with van der Waals surface area (Å²) in [5.41, 5.74) is 0.915. The van der Waals surface area contributed by atoms with Crippen molar-refractivity contribution < 1.29 is 8.42 Å². The minimum Gasteiger partial charge on any atom is -0.312 e. The summed E-state index contributed by atoms with van der Waals surface area (Å²) in [4.78, 5) is 4.21. The molecule has 4 nitrogen and oxygen atoms in total. The van der Waals surface area contributed by atoms with Gasteiger partial charge in [0.15, 0.2) is 9.84 Å². The Kier molecular flexibility index (Phi) is 3.87. The SMILES string of the molecule is CNC(c1cncc2ccccc12)C(C)S(C)(=O)=O. The van der Waals surface area contributed by atoms with Gasteiger partial charge in [-0.2, -0.15) is 0 Å². The molecule has 1 aromatic carbocycles. The summed E-state index contributed by atoms with van der Waals surface area (Å²) in [7, 11) is -1.35. The molecule has 0 aliphatic rings. The molecule has 2 atom stereocenters. The van der Waals surface area contributed by atoms with E-state index in [9.17, 15) is 8.42 Å². The molecule has 0 amide bonds. The highest BCUT2D eigenvalue weighted by Crippen LogP contribution is 2.27. The number of sulfone groups is 1. The van der Waals surface area contributed by atoms with Crippen LogP contribution in [0.5, 0.6) is 0 Å². The summed E-state index contributed by atoms with van der Waals surface area (Å²) in [5, 5.41) is 4.64. The van der Waals surface area contributed by atoms with E-state index in [1.54, 1.807) is 26.4 Å². The van der Waals surface area contributed by atoms with Crippen LogP contribution in [0.4, 0.5) is 0 Å². The highest BCUT2D eigenvalue weighted by Gasteiger charge is 2.27. The first kappa shape index (κ1) is 14.0. The van der Waals surface area contributed by atoms with Crippen LogP contribution in [0.1, 0.15) is 18.5 Å². The summed E-state index contributed by atoms with van der Waals surface area (Å²) < 4.78 is 23.6. The van der Waals surface area contributed by atoms with Gasteiger partial charge in [-0.1, -0.05) is 24.3 Å². The predicted molar refractivity (Wildman–Crippen MR) is 77.8 cm³/mol. The quantitative estimate of drug-likeness (QED) is 0.928. The standard InChI is InChI=1S/C14H18N2O2S/c1-10(19(3,17)18)14(15-2)13-9-16-8-11-6-4-5-7-12(11)13/h4-10,14-15H,1-3H3. The third-order valence-electron chi connectivity index (χ3n) is 3.49. The van der Waals surface area contributed by atoms with E-state index in [1.807, 2.05) is 24.3 Å². The van der Waals surface area contributed by atoms with Crippen molar-refractivity contribution in [2.75, 3.05) is 13.3 Å². The number of nitrogens with one attached hydrogen (secondary N) is 1. The smallest absolute Gasteiger partial charge is 0.151 e. The Morgan fingerprint density at radius 1 is 1.21 bits per heavy atom. The monoisotopic (exact) mass is 278 g/mol. The minimum atomic E-state index is -3.12. The molecular formula is C14H18N2O2S. The molecule has 1 heterocycles. The maximum Gasteiger partial charge on any atom is 0.151 e. The van der Waals surface area contributed by atoms with Gasteiger partial charge in [0, 0.05) is 24.0 Å². The van der Waals surface area contributed by atoms with Crippen LogP contribution in [0.3, 0.4) is 0 Å². The Bertz CT molecular complexity index is 677. The van der Waals surface area contributed by atoms with Crippen LogP contribution >= 0.6 is 0 Å². The second-order valence-electron chi connectivity index (χ2n) is 4.75.